The van der Waals surface area contributed by atoms with E-state index in [9.17, 15) is 26.4 Å². The third kappa shape index (κ3) is 5.74. The van der Waals surface area contributed by atoms with Crippen LogP contribution in [0.4, 0.5) is 13.2 Å². The summed E-state index contributed by atoms with van der Waals surface area (Å²) in [7, 11) is -3.04. The largest absolute Gasteiger partial charge is 0.433 e. The predicted molar refractivity (Wildman–Crippen MR) is 108 cm³/mol. The van der Waals surface area contributed by atoms with Crippen LogP contribution in [0.2, 0.25) is 0 Å². The third-order valence-corrected chi connectivity index (χ3v) is 8.12. The molecule has 1 aromatic heterocycles. The zero-order chi connectivity index (χ0) is 22.2. The molecule has 1 aromatic rings. The van der Waals surface area contributed by atoms with Gasteiger partial charge in [0.15, 0.2) is 9.84 Å². The summed E-state index contributed by atoms with van der Waals surface area (Å²) in [6.07, 6.45) is 0.870. The van der Waals surface area contributed by atoms with Crippen LogP contribution in [0.25, 0.3) is 0 Å². The monoisotopic (exact) mass is 446 g/mol. The van der Waals surface area contributed by atoms with Gasteiger partial charge in [-0.3, -0.25) is 4.79 Å². The number of nitrogens with one attached hydrogen (secondary N) is 1. The lowest BCUT2D eigenvalue weighted by atomic mass is 9.60. The fraction of sp³-hybridized carbons (Fsp3) is 0.714. The van der Waals surface area contributed by atoms with Crippen LogP contribution in [0.15, 0.2) is 12.1 Å². The van der Waals surface area contributed by atoms with Crippen molar-refractivity contribution in [1.82, 2.24) is 10.3 Å². The number of carbonyl (C=O) groups is 1. The first-order chi connectivity index (χ1) is 13.9. The van der Waals surface area contributed by atoms with Gasteiger partial charge in [-0.1, -0.05) is 19.8 Å². The van der Waals surface area contributed by atoms with E-state index in [-0.39, 0.29) is 34.1 Å². The van der Waals surface area contributed by atoms with Gasteiger partial charge in [-0.2, -0.15) is 13.2 Å². The lowest BCUT2D eigenvalue weighted by Crippen LogP contribution is -2.48. The Hall–Kier alpha value is -1.64. The Kier molecular flexibility index (Phi) is 6.51. The maximum absolute atomic E-state index is 12.8. The minimum absolute atomic E-state index is 0.0377. The third-order valence-electron chi connectivity index (χ3n) is 6.11. The topological polar surface area (TPSA) is 76.1 Å². The van der Waals surface area contributed by atoms with Gasteiger partial charge in [-0.15, -0.1) is 0 Å². The highest BCUT2D eigenvalue weighted by molar-refractivity contribution is 7.91. The number of carbonyl (C=O) groups excluding carboxylic acids is 1. The lowest BCUT2D eigenvalue weighted by molar-refractivity contribution is -0.141. The molecule has 0 spiro atoms. The van der Waals surface area contributed by atoms with Crippen molar-refractivity contribution in [3.8, 4) is 0 Å². The number of pyridine rings is 1. The number of hydrogen-bond acceptors (Lipinski definition) is 4. The molecule has 1 N–H and O–H groups in total. The average Bonchev–Trinajstić information content (AvgIpc) is 3.40. The van der Waals surface area contributed by atoms with E-state index in [4.69, 9.17) is 0 Å². The fourth-order valence-electron chi connectivity index (χ4n) is 4.68. The maximum atomic E-state index is 12.8. The van der Waals surface area contributed by atoms with E-state index in [2.05, 4.69) is 10.3 Å². The van der Waals surface area contributed by atoms with E-state index in [1.807, 2.05) is 6.92 Å². The minimum Gasteiger partial charge on any atom is -0.351 e. The molecule has 2 saturated carbocycles. The summed E-state index contributed by atoms with van der Waals surface area (Å²) >= 11 is 0. The van der Waals surface area contributed by atoms with Crippen molar-refractivity contribution >= 4 is 15.7 Å². The van der Waals surface area contributed by atoms with Crippen LogP contribution in [0, 0.1) is 24.2 Å². The summed E-state index contributed by atoms with van der Waals surface area (Å²) in [4.78, 5) is 16.1. The van der Waals surface area contributed by atoms with Gasteiger partial charge < -0.3 is 5.32 Å². The molecule has 2 aliphatic carbocycles. The summed E-state index contributed by atoms with van der Waals surface area (Å²) in [5.41, 5.74) is -0.963. The minimum atomic E-state index is -4.55. The number of hydrogen-bond donors (Lipinski definition) is 1. The summed E-state index contributed by atoms with van der Waals surface area (Å²) in [5, 5.41) is 2.87. The molecular formula is C21H29F3N2O3S. The van der Waals surface area contributed by atoms with Crippen molar-refractivity contribution in [2.45, 2.75) is 58.5 Å². The highest BCUT2D eigenvalue weighted by Gasteiger charge is 2.48. The molecule has 1 amide bonds. The van der Waals surface area contributed by atoms with Gasteiger partial charge >= 0.3 is 6.18 Å². The van der Waals surface area contributed by atoms with Gasteiger partial charge in [0.1, 0.15) is 5.69 Å². The van der Waals surface area contributed by atoms with Gasteiger partial charge in [-0.05, 0) is 62.0 Å². The molecule has 9 heteroatoms. The number of halogens is 3. The molecule has 5 nitrogen and oxygen atoms in total. The second kappa shape index (κ2) is 8.48. The van der Waals surface area contributed by atoms with Gasteiger partial charge in [0.2, 0.25) is 0 Å². The number of nitrogens with zero attached hydrogens (tertiary/aromatic N) is 1. The SMILES string of the molecule is CCCS(=O)(=O)CC1CC(CNC(=O)c2ccc(C(F)(F)F)nc2C)(CC2CC2)C1. The van der Waals surface area contributed by atoms with E-state index in [1.165, 1.54) is 6.92 Å². The second-order valence-corrected chi connectivity index (χ2v) is 11.3. The second-order valence-electron chi connectivity index (χ2n) is 9.05. The first kappa shape index (κ1) is 23.0. The molecule has 0 bridgehead atoms. The number of alkyl halides is 3. The van der Waals surface area contributed by atoms with Crippen LogP contribution in [0.1, 0.15) is 67.2 Å². The molecule has 2 fully saturated rings. The number of rotatable bonds is 9. The molecule has 3 rings (SSSR count). The Morgan fingerprint density at radius 2 is 1.90 bits per heavy atom. The zero-order valence-electron chi connectivity index (χ0n) is 17.4. The van der Waals surface area contributed by atoms with E-state index >= 15 is 0 Å². The molecule has 0 aromatic carbocycles. The number of amides is 1. The summed E-state index contributed by atoms with van der Waals surface area (Å²) in [6, 6.07) is 1.98. The van der Waals surface area contributed by atoms with Crippen molar-refractivity contribution in [2.24, 2.45) is 17.3 Å². The Morgan fingerprint density at radius 1 is 1.23 bits per heavy atom. The van der Waals surface area contributed by atoms with E-state index in [0.29, 0.717) is 18.9 Å². The van der Waals surface area contributed by atoms with Crippen LogP contribution in [-0.4, -0.2) is 37.4 Å². The molecular weight excluding hydrogens is 417 g/mol. The predicted octanol–water partition coefficient (Wildman–Crippen LogP) is 4.16. The van der Waals surface area contributed by atoms with Crippen LogP contribution in [0.5, 0.6) is 0 Å². The average molecular weight is 447 g/mol. The van der Waals surface area contributed by atoms with Gasteiger partial charge in [-0.25, -0.2) is 13.4 Å². The Labute approximate surface area is 175 Å². The molecule has 0 aliphatic heterocycles. The Morgan fingerprint density at radius 3 is 2.43 bits per heavy atom. The highest BCUT2D eigenvalue weighted by atomic mass is 32.2. The van der Waals surface area contributed by atoms with E-state index in [0.717, 1.165) is 44.2 Å². The summed E-state index contributed by atoms with van der Waals surface area (Å²) in [5.74, 6) is 0.710. The van der Waals surface area contributed by atoms with Crippen LogP contribution >= 0.6 is 0 Å². The van der Waals surface area contributed by atoms with E-state index < -0.39 is 27.6 Å². The van der Waals surface area contributed by atoms with Crippen LogP contribution < -0.4 is 5.32 Å². The standard InChI is InChI=1S/C21H29F3N2O3S/c1-3-8-30(28,29)12-16-10-20(11-16,9-15-4-5-15)13-25-19(27)17-6-7-18(21(22,23)24)26-14(17)2/h6-7,15-16H,3-5,8-13H2,1-2H3,(H,25,27). The molecule has 0 atom stereocenters. The van der Waals surface area contributed by atoms with Crippen molar-refractivity contribution < 1.29 is 26.4 Å². The fourth-order valence-corrected chi connectivity index (χ4v) is 6.42. The molecule has 2 aliphatic rings. The van der Waals surface area contributed by atoms with Crippen molar-refractivity contribution in [3.05, 3.63) is 29.1 Å². The lowest BCUT2D eigenvalue weighted by Gasteiger charge is -2.48. The van der Waals surface area contributed by atoms with Crippen LogP contribution in [-0.2, 0) is 16.0 Å². The molecule has 30 heavy (non-hydrogen) atoms. The molecule has 0 radical (unpaired) electrons. The zero-order valence-corrected chi connectivity index (χ0v) is 18.2. The first-order valence-electron chi connectivity index (χ1n) is 10.5. The van der Waals surface area contributed by atoms with E-state index in [1.54, 1.807) is 0 Å². The maximum Gasteiger partial charge on any atom is 0.433 e. The number of aromatic nitrogens is 1. The van der Waals surface area contributed by atoms with Crippen LogP contribution in [0.3, 0.4) is 0 Å². The molecule has 1 heterocycles. The Balaban J connectivity index is 1.61. The van der Waals surface area contributed by atoms with Gasteiger partial charge in [0.25, 0.3) is 5.91 Å². The quantitative estimate of drug-likeness (QED) is 0.618. The Bertz CT molecular complexity index is 889. The first-order valence-corrected chi connectivity index (χ1v) is 12.3. The summed E-state index contributed by atoms with van der Waals surface area (Å²) in [6.45, 7) is 3.65. The van der Waals surface area contributed by atoms with Crippen molar-refractivity contribution in [1.29, 1.82) is 0 Å². The summed E-state index contributed by atoms with van der Waals surface area (Å²) < 4.78 is 62.6. The smallest absolute Gasteiger partial charge is 0.351 e. The van der Waals surface area contributed by atoms with Crippen molar-refractivity contribution in [2.75, 3.05) is 18.1 Å². The number of aryl methyl sites for hydroxylation is 1. The molecule has 0 unspecified atom stereocenters. The van der Waals surface area contributed by atoms with Gasteiger partial charge in [0, 0.05) is 12.3 Å². The normalized spacial score (nSPS) is 24.4. The van der Waals surface area contributed by atoms with Gasteiger partial charge in [0.05, 0.1) is 17.0 Å². The van der Waals surface area contributed by atoms with Crippen molar-refractivity contribution in [3.63, 3.8) is 0 Å². The number of sulfone groups is 1. The highest BCUT2D eigenvalue weighted by Crippen LogP contribution is 2.53. The molecule has 168 valence electrons. The molecule has 0 saturated heterocycles.